The van der Waals surface area contributed by atoms with Crippen molar-refractivity contribution in [2.75, 3.05) is 19.7 Å². The van der Waals surface area contributed by atoms with E-state index in [0.717, 1.165) is 56.3 Å². The van der Waals surface area contributed by atoms with Crippen LogP contribution in [0.1, 0.15) is 36.8 Å². The van der Waals surface area contributed by atoms with E-state index in [1.165, 1.54) is 6.42 Å². The number of nitrogens with zero attached hydrogens (tertiary/aromatic N) is 4. The number of carbonyl (C=O) groups is 1. The standard InChI is InChI=1S/C18H22N4O2/c23-17(13-24-15-5-2-1-3-6-15)21-11-8-14(9-12-21)18-20-19-16-7-4-10-22(16)18/h1-3,5-6,14H,4,7-13H2. The second-order valence-electron chi connectivity index (χ2n) is 6.49. The zero-order valence-electron chi connectivity index (χ0n) is 13.7. The first-order valence-electron chi connectivity index (χ1n) is 8.69. The number of rotatable bonds is 4. The molecule has 1 fully saturated rings. The number of aromatic nitrogens is 3. The number of hydrogen-bond donors (Lipinski definition) is 0. The molecular weight excluding hydrogens is 304 g/mol. The van der Waals surface area contributed by atoms with Crippen LogP contribution in [0.2, 0.25) is 0 Å². The molecule has 1 amide bonds. The van der Waals surface area contributed by atoms with Crippen LogP contribution in [0.3, 0.4) is 0 Å². The Morgan fingerprint density at radius 2 is 1.92 bits per heavy atom. The third kappa shape index (κ3) is 3.00. The first-order chi connectivity index (χ1) is 11.8. The maximum absolute atomic E-state index is 12.3. The van der Waals surface area contributed by atoms with Crippen LogP contribution >= 0.6 is 0 Å². The minimum absolute atomic E-state index is 0.0591. The largest absolute Gasteiger partial charge is 0.484 e. The molecule has 1 aromatic heterocycles. The van der Waals surface area contributed by atoms with Crippen molar-refractivity contribution in [2.45, 2.75) is 38.1 Å². The minimum atomic E-state index is 0.0591. The second-order valence-corrected chi connectivity index (χ2v) is 6.49. The summed E-state index contributed by atoms with van der Waals surface area (Å²) in [5, 5.41) is 8.69. The molecule has 0 bridgehead atoms. The topological polar surface area (TPSA) is 60.2 Å². The Kier molecular flexibility index (Phi) is 4.19. The van der Waals surface area contributed by atoms with Crippen molar-refractivity contribution >= 4 is 5.91 Å². The fourth-order valence-corrected chi connectivity index (χ4v) is 3.62. The molecule has 0 atom stereocenters. The van der Waals surface area contributed by atoms with Crippen molar-refractivity contribution in [2.24, 2.45) is 0 Å². The number of ether oxygens (including phenoxy) is 1. The quantitative estimate of drug-likeness (QED) is 0.862. The van der Waals surface area contributed by atoms with Gasteiger partial charge in [0.1, 0.15) is 17.4 Å². The number of hydrogen-bond acceptors (Lipinski definition) is 4. The summed E-state index contributed by atoms with van der Waals surface area (Å²) in [6.07, 6.45) is 4.12. The summed E-state index contributed by atoms with van der Waals surface area (Å²) in [5.41, 5.74) is 0. The minimum Gasteiger partial charge on any atom is -0.484 e. The molecule has 6 heteroatoms. The van der Waals surface area contributed by atoms with Gasteiger partial charge in [0, 0.05) is 32.0 Å². The summed E-state index contributed by atoms with van der Waals surface area (Å²) in [6, 6.07) is 9.47. The van der Waals surface area contributed by atoms with Crippen LogP contribution in [0, 0.1) is 0 Å². The Hall–Kier alpha value is -2.37. The van der Waals surface area contributed by atoms with Crippen molar-refractivity contribution in [1.82, 2.24) is 19.7 Å². The van der Waals surface area contributed by atoms with Crippen molar-refractivity contribution in [3.8, 4) is 5.75 Å². The van der Waals surface area contributed by atoms with E-state index in [9.17, 15) is 4.79 Å². The molecule has 0 N–H and O–H groups in total. The molecule has 126 valence electrons. The lowest BCUT2D eigenvalue weighted by molar-refractivity contribution is -0.134. The van der Waals surface area contributed by atoms with Gasteiger partial charge in [-0.25, -0.2) is 0 Å². The van der Waals surface area contributed by atoms with E-state index in [1.807, 2.05) is 35.2 Å². The van der Waals surface area contributed by atoms with Gasteiger partial charge in [-0.2, -0.15) is 0 Å². The summed E-state index contributed by atoms with van der Waals surface area (Å²) in [7, 11) is 0. The number of likely N-dealkylation sites (tertiary alicyclic amines) is 1. The van der Waals surface area contributed by atoms with Gasteiger partial charge in [-0.15, -0.1) is 10.2 Å². The molecule has 4 rings (SSSR count). The van der Waals surface area contributed by atoms with Gasteiger partial charge in [-0.05, 0) is 31.4 Å². The van der Waals surface area contributed by atoms with Gasteiger partial charge in [0.2, 0.25) is 0 Å². The molecule has 0 aliphatic carbocycles. The van der Waals surface area contributed by atoms with Crippen LogP contribution in [0.4, 0.5) is 0 Å². The predicted molar refractivity (Wildman–Crippen MR) is 88.8 cm³/mol. The highest BCUT2D eigenvalue weighted by atomic mass is 16.5. The molecule has 3 heterocycles. The Labute approximate surface area is 141 Å². The number of carbonyl (C=O) groups excluding carboxylic acids is 1. The molecule has 0 radical (unpaired) electrons. The van der Waals surface area contributed by atoms with Crippen LogP contribution in [-0.2, 0) is 17.8 Å². The maximum atomic E-state index is 12.3. The van der Waals surface area contributed by atoms with Crippen molar-refractivity contribution in [1.29, 1.82) is 0 Å². The van der Waals surface area contributed by atoms with Gasteiger partial charge >= 0.3 is 0 Å². The smallest absolute Gasteiger partial charge is 0.260 e. The molecule has 0 unspecified atom stereocenters. The third-order valence-electron chi connectivity index (χ3n) is 4.96. The van der Waals surface area contributed by atoms with Gasteiger partial charge < -0.3 is 14.2 Å². The first-order valence-corrected chi connectivity index (χ1v) is 8.69. The fraction of sp³-hybridized carbons (Fsp3) is 0.500. The van der Waals surface area contributed by atoms with Crippen molar-refractivity contribution in [3.63, 3.8) is 0 Å². The van der Waals surface area contributed by atoms with Gasteiger partial charge in [0.05, 0.1) is 0 Å². The van der Waals surface area contributed by atoms with E-state index in [0.29, 0.717) is 5.92 Å². The van der Waals surface area contributed by atoms with E-state index in [1.54, 1.807) is 0 Å². The van der Waals surface area contributed by atoms with Crippen molar-refractivity contribution in [3.05, 3.63) is 42.0 Å². The number of aryl methyl sites for hydroxylation is 1. The average molecular weight is 326 g/mol. The Bertz CT molecular complexity index is 705. The van der Waals surface area contributed by atoms with Crippen LogP contribution in [0.5, 0.6) is 5.75 Å². The Morgan fingerprint density at radius 1 is 1.12 bits per heavy atom. The summed E-state index contributed by atoms with van der Waals surface area (Å²) >= 11 is 0. The molecule has 1 aromatic carbocycles. The van der Waals surface area contributed by atoms with Crippen LogP contribution in [-0.4, -0.2) is 45.3 Å². The Morgan fingerprint density at radius 3 is 2.71 bits per heavy atom. The van der Waals surface area contributed by atoms with E-state index >= 15 is 0 Å². The number of para-hydroxylation sites is 1. The average Bonchev–Trinajstić information content (AvgIpc) is 3.24. The SMILES string of the molecule is O=C(COc1ccccc1)N1CCC(c2nnc3n2CCC3)CC1. The van der Waals surface area contributed by atoms with Gasteiger partial charge in [-0.1, -0.05) is 18.2 Å². The lowest BCUT2D eigenvalue weighted by Gasteiger charge is -2.31. The third-order valence-corrected chi connectivity index (χ3v) is 4.96. The highest BCUT2D eigenvalue weighted by Gasteiger charge is 2.29. The van der Waals surface area contributed by atoms with Gasteiger partial charge in [0.25, 0.3) is 5.91 Å². The van der Waals surface area contributed by atoms with E-state index in [2.05, 4.69) is 14.8 Å². The van der Waals surface area contributed by atoms with Crippen LogP contribution in [0.25, 0.3) is 0 Å². The highest BCUT2D eigenvalue weighted by Crippen LogP contribution is 2.29. The molecule has 6 nitrogen and oxygen atoms in total. The van der Waals surface area contributed by atoms with Crippen molar-refractivity contribution < 1.29 is 9.53 Å². The Balaban J connectivity index is 1.30. The molecule has 2 aliphatic heterocycles. The lowest BCUT2D eigenvalue weighted by Crippen LogP contribution is -2.40. The normalized spacial score (nSPS) is 17.8. The summed E-state index contributed by atoms with van der Waals surface area (Å²) in [5.74, 6) is 3.46. The lowest BCUT2D eigenvalue weighted by atomic mass is 9.96. The highest BCUT2D eigenvalue weighted by molar-refractivity contribution is 5.77. The van der Waals surface area contributed by atoms with Crippen LogP contribution < -0.4 is 4.74 Å². The summed E-state index contributed by atoms with van der Waals surface area (Å²) in [4.78, 5) is 14.2. The molecule has 1 saturated heterocycles. The first kappa shape index (κ1) is 15.2. The van der Waals surface area contributed by atoms with E-state index in [4.69, 9.17) is 4.74 Å². The van der Waals surface area contributed by atoms with E-state index in [-0.39, 0.29) is 12.5 Å². The zero-order valence-corrected chi connectivity index (χ0v) is 13.7. The molecule has 0 saturated carbocycles. The van der Waals surface area contributed by atoms with E-state index < -0.39 is 0 Å². The number of benzene rings is 1. The molecule has 0 spiro atoms. The molecule has 2 aromatic rings. The van der Waals surface area contributed by atoms with Crippen LogP contribution in [0.15, 0.2) is 30.3 Å². The summed E-state index contributed by atoms with van der Waals surface area (Å²) in [6.45, 7) is 2.68. The maximum Gasteiger partial charge on any atom is 0.260 e. The summed E-state index contributed by atoms with van der Waals surface area (Å²) < 4.78 is 7.84. The monoisotopic (exact) mass is 326 g/mol. The number of piperidine rings is 1. The fourth-order valence-electron chi connectivity index (χ4n) is 3.62. The van der Waals surface area contributed by atoms with Gasteiger partial charge in [-0.3, -0.25) is 4.79 Å². The molecular formula is C18H22N4O2. The second kappa shape index (κ2) is 6.63. The number of amides is 1. The molecule has 24 heavy (non-hydrogen) atoms. The zero-order chi connectivity index (χ0) is 16.4. The van der Waals surface area contributed by atoms with Gasteiger partial charge in [0.15, 0.2) is 6.61 Å². The predicted octanol–water partition coefficient (Wildman–Crippen LogP) is 2.01. The number of fused-ring (bicyclic) bond motifs is 1. The molecule has 2 aliphatic rings.